The van der Waals surface area contributed by atoms with Gasteiger partial charge in [-0.3, -0.25) is 0 Å². The van der Waals surface area contributed by atoms with Crippen molar-refractivity contribution in [2.24, 2.45) is 17.4 Å². The lowest BCUT2D eigenvalue weighted by Gasteiger charge is -2.25. The molecule has 4 heteroatoms. The van der Waals surface area contributed by atoms with Gasteiger partial charge in [0.25, 0.3) is 0 Å². The second kappa shape index (κ2) is 20.9. The summed E-state index contributed by atoms with van der Waals surface area (Å²) in [5.41, 5.74) is 24.8. The van der Waals surface area contributed by atoms with Crippen molar-refractivity contribution in [3.63, 3.8) is 0 Å². The van der Waals surface area contributed by atoms with Gasteiger partial charge in [-0.05, 0) is 116 Å². The number of anilines is 1. The third-order valence-electron chi connectivity index (χ3n) is 11.1. The van der Waals surface area contributed by atoms with Gasteiger partial charge < -0.3 is 20.9 Å². The summed E-state index contributed by atoms with van der Waals surface area (Å²) in [6.07, 6.45) is 40.0. The van der Waals surface area contributed by atoms with E-state index < -0.39 is 0 Å². The van der Waals surface area contributed by atoms with Crippen LogP contribution >= 0.6 is 0 Å². The molecule has 1 unspecified atom stereocenters. The highest BCUT2D eigenvalue weighted by molar-refractivity contribution is 5.92. The molecule has 0 bridgehead atoms. The first-order chi connectivity index (χ1) is 28.9. The smallest absolute Gasteiger partial charge is 0.0547 e. The van der Waals surface area contributed by atoms with Crippen LogP contribution in [-0.2, 0) is 0 Å². The van der Waals surface area contributed by atoms with E-state index in [0.717, 1.165) is 83.5 Å². The first-order valence-electron chi connectivity index (χ1n) is 21.0. The fraction of sp³-hybridized carbons (Fsp3) is 0.200. The number of nitrogens with zero attached hydrogens (tertiary/aromatic N) is 2. The highest BCUT2D eigenvalue weighted by Crippen LogP contribution is 2.42. The summed E-state index contributed by atoms with van der Waals surface area (Å²) in [5.74, 6) is 0.275. The van der Waals surface area contributed by atoms with Crippen molar-refractivity contribution in [1.82, 2.24) is 4.57 Å². The molecule has 59 heavy (non-hydrogen) atoms. The number of rotatable bonds is 13. The van der Waals surface area contributed by atoms with E-state index in [0.29, 0.717) is 6.54 Å². The number of fused-ring (bicyclic) bond motifs is 2. The average Bonchev–Trinajstić information content (AvgIpc) is 3.61. The van der Waals surface area contributed by atoms with Crippen LogP contribution in [0, 0.1) is 5.92 Å². The van der Waals surface area contributed by atoms with Crippen LogP contribution < -0.4 is 26.9 Å². The van der Waals surface area contributed by atoms with Crippen LogP contribution in [0.1, 0.15) is 57.9 Å². The van der Waals surface area contributed by atoms with E-state index in [1.807, 2.05) is 24.3 Å². The Bertz CT molecular complexity index is 2540. The Morgan fingerprint density at radius 3 is 2.47 bits per heavy atom. The molecule has 0 amide bonds. The highest BCUT2D eigenvalue weighted by atomic mass is 15.2. The Hall–Kier alpha value is -6.36. The van der Waals surface area contributed by atoms with Crippen molar-refractivity contribution in [2.45, 2.75) is 52.4 Å². The molecule has 0 saturated heterocycles. The quantitative estimate of drug-likeness (QED) is 0.133. The molecule has 1 aliphatic heterocycles. The normalized spacial score (nSPS) is 16.8. The van der Waals surface area contributed by atoms with Crippen molar-refractivity contribution in [3.8, 4) is 16.8 Å². The fourth-order valence-electron chi connectivity index (χ4n) is 7.86. The van der Waals surface area contributed by atoms with Gasteiger partial charge >= 0.3 is 0 Å². The Morgan fingerprint density at radius 1 is 0.932 bits per heavy atom. The lowest BCUT2D eigenvalue weighted by Crippen LogP contribution is -2.26. The summed E-state index contributed by atoms with van der Waals surface area (Å²) in [5, 5.41) is 3.20. The molecule has 4 nitrogen and oxygen atoms in total. The summed E-state index contributed by atoms with van der Waals surface area (Å²) < 4.78 is 2.29. The zero-order valence-corrected chi connectivity index (χ0v) is 35.0. The molecule has 2 heterocycles. The van der Waals surface area contributed by atoms with E-state index in [1.165, 1.54) is 39.2 Å². The molecule has 0 saturated carbocycles. The molecule has 3 aliphatic rings. The van der Waals surface area contributed by atoms with Gasteiger partial charge in [0.1, 0.15) is 0 Å². The average molecular weight is 777 g/mol. The van der Waals surface area contributed by atoms with Gasteiger partial charge in [0, 0.05) is 52.0 Å². The summed E-state index contributed by atoms with van der Waals surface area (Å²) in [6.45, 7) is 18.4. The molecular formula is C55H60N4. The fourth-order valence-corrected chi connectivity index (χ4v) is 7.86. The Kier molecular flexibility index (Phi) is 15.0. The summed E-state index contributed by atoms with van der Waals surface area (Å²) in [4.78, 5) is 2.48. The number of para-hydroxylation sites is 1. The van der Waals surface area contributed by atoms with Crippen molar-refractivity contribution >= 4 is 34.8 Å². The van der Waals surface area contributed by atoms with Crippen LogP contribution in [0.2, 0.25) is 0 Å². The van der Waals surface area contributed by atoms with Gasteiger partial charge in [0.05, 0.1) is 10.9 Å². The zero-order valence-electron chi connectivity index (χ0n) is 35.0. The van der Waals surface area contributed by atoms with Crippen molar-refractivity contribution < 1.29 is 0 Å². The van der Waals surface area contributed by atoms with Crippen LogP contribution in [0.5, 0.6) is 0 Å². The van der Waals surface area contributed by atoms with E-state index in [-0.39, 0.29) is 5.92 Å². The van der Waals surface area contributed by atoms with Crippen LogP contribution in [-0.4, -0.2) is 17.7 Å². The molecule has 0 radical (unpaired) electrons. The summed E-state index contributed by atoms with van der Waals surface area (Å²) >= 11 is 0. The number of nitrogens with two attached hydrogens (primary N) is 2. The number of hydrogen-bond donors (Lipinski definition) is 2. The van der Waals surface area contributed by atoms with Gasteiger partial charge in [0.15, 0.2) is 0 Å². The lowest BCUT2D eigenvalue weighted by atomic mass is 9.96. The number of aromatic nitrogens is 1. The molecule has 4 N–H and O–H groups in total. The SMILES string of the molecule is C=C/C=c1\c(=C)c2ccc(-c3ccc4c(c3)/C(=C/C=C\CC)CN4/C(=C/C)CC(C=C)C/C=C(\N)C3=CCCC=C3)cc2n1-c1ccccc1.NCC1=CC=CCC=C1. The third-order valence-corrected chi connectivity index (χ3v) is 11.1. The second-order valence-corrected chi connectivity index (χ2v) is 15.0. The standard InChI is InChI=1S/C47H49N3.C8H11N/c1-6-10-13-21-39-33-49(40(9-4)30-35(8-3)24-28-44(48)36-19-14-11-15-20-36)46-29-26-37(31-43(39)46)38-25-27-42-34(5)45(18-7-2)50(47(42)32-38)41-22-16-12-17-23-41;9-7-8-5-3-1-2-4-6-8/h7-10,12-14,16-23,25-29,31-32,35H,2-3,5-6,11,15,24,30,33,48H2,1,4H3;1,3-6H,2,7,9H2/b13-10-,39-21+,40-9+,44-28-,45-18+;. The Morgan fingerprint density at radius 2 is 1.75 bits per heavy atom. The number of benzene rings is 3. The lowest BCUT2D eigenvalue weighted by molar-refractivity contribution is 0.640. The monoisotopic (exact) mass is 776 g/mol. The Balaban J connectivity index is 0.000000575. The predicted octanol–water partition coefficient (Wildman–Crippen LogP) is 11.8. The third kappa shape index (κ3) is 10.2. The van der Waals surface area contributed by atoms with Crippen molar-refractivity contribution in [1.29, 1.82) is 0 Å². The van der Waals surface area contributed by atoms with Crippen molar-refractivity contribution in [2.75, 3.05) is 18.0 Å². The largest absolute Gasteiger partial charge is 0.399 e. The van der Waals surface area contributed by atoms with Crippen LogP contribution in [0.25, 0.3) is 45.9 Å². The van der Waals surface area contributed by atoms with E-state index in [1.54, 1.807) is 0 Å². The Labute approximate surface area is 352 Å². The van der Waals surface area contributed by atoms with Crippen LogP contribution in [0.15, 0.2) is 194 Å². The first kappa shape index (κ1) is 42.3. The van der Waals surface area contributed by atoms with Crippen LogP contribution in [0.4, 0.5) is 5.69 Å². The van der Waals surface area contributed by atoms with Crippen LogP contribution in [0.3, 0.4) is 0 Å². The molecule has 300 valence electrons. The predicted molar refractivity (Wildman–Crippen MR) is 258 cm³/mol. The molecule has 4 aromatic rings. The minimum Gasteiger partial charge on any atom is -0.399 e. The summed E-state index contributed by atoms with van der Waals surface area (Å²) in [6, 6.07) is 24.2. The van der Waals surface area contributed by atoms with E-state index in [9.17, 15) is 0 Å². The number of hydrogen-bond acceptors (Lipinski definition) is 3. The first-order valence-corrected chi connectivity index (χ1v) is 21.0. The summed E-state index contributed by atoms with van der Waals surface area (Å²) in [7, 11) is 0. The second-order valence-electron chi connectivity index (χ2n) is 15.0. The zero-order chi connectivity index (χ0) is 41.6. The van der Waals surface area contributed by atoms with Gasteiger partial charge in [0.2, 0.25) is 0 Å². The molecule has 0 fully saturated rings. The maximum absolute atomic E-state index is 6.49. The van der Waals surface area contributed by atoms with E-state index in [2.05, 4.69) is 183 Å². The molecule has 1 atom stereocenters. The minimum atomic E-state index is 0.275. The maximum Gasteiger partial charge on any atom is 0.0547 e. The molecule has 2 aliphatic carbocycles. The molecule has 0 spiro atoms. The van der Waals surface area contributed by atoms with Gasteiger partial charge in [-0.2, -0.15) is 0 Å². The van der Waals surface area contributed by atoms with Gasteiger partial charge in [-0.1, -0.05) is 148 Å². The topological polar surface area (TPSA) is 60.2 Å². The minimum absolute atomic E-state index is 0.275. The van der Waals surface area contributed by atoms with E-state index >= 15 is 0 Å². The highest BCUT2D eigenvalue weighted by Gasteiger charge is 2.27. The molecule has 7 rings (SSSR count). The molecular weight excluding hydrogens is 717 g/mol. The van der Waals surface area contributed by atoms with Crippen molar-refractivity contribution in [3.05, 3.63) is 210 Å². The van der Waals surface area contributed by atoms with E-state index in [4.69, 9.17) is 11.5 Å². The van der Waals surface area contributed by atoms with Gasteiger partial charge in [-0.25, -0.2) is 0 Å². The van der Waals surface area contributed by atoms with Gasteiger partial charge in [-0.15, -0.1) is 6.58 Å². The maximum atomic E-state index is 6.49. The molecule has 3 aromatic carbocycles. The molecule has 1 aromatic heterocycles. The number of allylic oxidation sites excluding steroid dienone is 15.